The van der Waals surface area contributed by atoms with Gasteiger partial charge in [-0.15, -0.1) is 0 Å². The first-order valence-electron chi connectivity index (χ1n) is 14.9. The summed E-state index contributed by atoms with van der Waals surface area (Å²) in [6.45, 7) is 0. The quantitative estimate of drug-likeness (QED) is 0.195. The second-order valence-electron chi connectivity index (χ2n) is 10.8. The maximum Gasteiger partial charge on any atom is 0.340 e. The average Bonchev–Trinajstić information content (AvgIpc) is 3.43. The fourth-order valence-electron chi connectivity index (χ4n) is 5.69. The highest BCUT2D eigenvalue weighted by molar-refractivity contribution is 5.85. The molecule has 4 aromatic heterocycles. The predicted octanol–water partition coefficient (Wildman–Crippen LogP) is 8.03. The van der Waals surface area contributed by atoms with Gasteiger partial charge in [0, 0.05) is 29.1 Å². The van der Waals surface area contributed by atoms with Gasteiger partial charge in [0.1, 0.15) is 11.6 Å². The third-order valence-corrected chi connectivity index (χ3v) is 7.94. The van der Waals surface area contributed by atoms with Crippen LogP contribution < -0.4 is 5.69 Å². The number of hydrogen-bond donors (Lipinski definition) is 0. The lowest BCUT2D eigenvalue weighted by Crippen LogP contribution is -2.23. The van der Waals surface area contributed by atoms with Crippen LogP contribution in [0.25, 0.3) is 67.7 Å². The Kier molecular flexibility index (Phi) is 6.81. The third-order valence-electron chi connectivity index (χ3n) is 7.94. The van der Waals surface area contributed by atoms with Crippen molar-refractivity contribution in [2.24, 2.45) is 0 Å². The molecule has 7 heteroatoms. The molecule has 46 heavy (non-hydrogen) atoms. The highest BCUT2D eigenvalue weighted by Gasteiger charge is 2.18. The van der Waals surface area contributed by atoms with Crippen molar-refractivity contribution in [1.29, 1.82) is 0 Å². The van der Waals surface area contributed by atoms with Crippen LogP contribution in [-0.4, -0.2) is 29.1 Å². The molecule has 0 N–H and O–H groups in total. The first-order chi connectivity index (χ1) is 22.7. The number of pyridine rings is 2. The highest BCUT2D eigenvalue weighted by atomic mass is 16.1. The van der Waals surface area contributed by atoms with Gasteiger partial charge in [0.05, 0.1) is 22.4 Å². The lowest BCUT2D eigenvalue weighted by atomic mass is 10.0. The monoisotopic (exact) mass is 594 g/mol. The van der Waals surface area contributed by atoms with E-state index in [-0.39, 0.29) is 5.69 Å². The van der Waals surface area contributed by atoms with Gasteiger partial charge in [-0.05, 0) is 53.6 Å². The van der Waals surface area contributed by atoms with E-state index >= 15 is 0 Å². The first kappa shape index (κ1) is 27.1. The molecule has 0 radical (unpaired) electrons. The molecule has 0 aliphatic rings. The van der Waals surface area contributed by atoms with Crippen LogP contribution >= 0.6 is 0 Å². The normalized spacial score (nSPS) is 11.1. The Morgan fingerprint density at radius 1 is 0.413 bits per heavy atom. The van der Waals surface area contributed by atoms with Crippen LogP contribution in [0.2, 0.25) is 0 Å². The van der Waals surface area contributed by atoms with E-state index in [1.54, 1.807) is 21.5 Å². The molecule has 0 amide bonds. The summed E-state index contributed by atoms with van der Waals surface area (Å²) < 4.78 is 3.26. The van der Waals surface area contributed by atoms with E-state index in [0.717, 1.165) is 50.2 Å². The van der Waals surface area contributed by atoms with Gasteiger partial charge in [0.15, 0.2) is 5.82 Å². The summed E-state index contributed by atoms with van der Waals surface area (Å²) in [7, 11) is 0. The minimum absolute atomic E-state index is 0.230. The Balaban J connectivity index is 1.23. The summed E-state index contributed by atoms with van der Waals surface area (Å²) in [5, 5.41) is 0. The second kappa shape index (κ2) is 11.6. The minimum atomic E-state index is -0.230. The maximum absolute atomic E-state index is 13.8. The molecule has 0 saturated heterocycles. The Morgan fingerprint density at radius 2 is 0.913 bits per heavy atom. The standard InChI is InChI=1S/C39H26N6O/c46-39-44(36-15-7-9-23-40-36)34-22-21-31(25-35(34)45(39)37-16-8-10-24-41-37)27-17-19-29(20-18-27)33-26-32(28-11-3-1-4-12-28)42-38(43-33)30-13-5-2-6-14-30/h1-26H. The summed E-state index contributed by atoms with van der Waals surface area (Å²) in [5.74, 6) is 1.78. The largest absolute Gasteiger partial charge is 0.340 e. The zero-order valence-corrected chi connectivity index (χ0v) is 24.6. The molecule has 4 heterocycles. The van der Waals surface area contributed by atoms with Crippen molar-refractivity contribution < 1.29 is 0 Å². The number of nitrogens with zero attached hydrogens (tertiary/aromatic N) is 6. The van der Waals surface area contributed by atoms with Crippen molar-refractivity contribution in [2.45, 2.75) is 0 Å². The number of hydrogen-bond acceptors (Lipinski definition) is 5. The minimum Gasteiger partial charge on any atom is -0.247 e. The predicted molar refractivity (Wildman–Crippen MR) is 182 cm³/mol. The van der Waals surface area contributed by atoms with Gasteiger partial charge < -0.3 is 0 Å². The van der Waals surface area contributed by atoms with Gasteiger partial charge in [-0.25, -0.2) is 33.9 Å². The van der Waals surface area contributed by atoms with E-state index in [1.165, 1.54) is 0 Å². The highest BCUT2D eigenvalue weighted by Crippen LogP contribution is 2.31. The molecule has 8 aromatic rings. The van der Waals surface area contributed by atoms with E-state index in [0.29, 0.717) is 17.5 Å². The van der Waals surface area contributed by atoms with Crippen molar-refractivity contribution >= 4 is 11.0 Å². The molecule has 0 unspecified atom stereocenters. The molecule has 0 atom stereocenters. The van der Waals surface area contributed by atoms with Crippen LogP contribution in [0.3, 0.4) is 0 Å². The smallest absolute Gasteiger partial charge is 0.247 e. The topological polar surface area (TPSA) is 78.5 Å². The fraction of sp³-hybridized carbons (Fsp3) is 0. The van der Waals surface area contributed by atoms with E-state index < -0.39 is 0 Å². The molecule has 0 saturated carbocycles. The number of imidazole rings is 1. The van der Waals surface area contributed by atoms with Gasteiger partial charge in [0.25, 0.3) is 0 Å². The van der Waals surface area contributed by atoms with Crippen LogP contribution in [0.4, 0.5) is 0 Å². The summed E-state index contributed by atoms with van der Waals surface area (Å²) in [6, 6.07) is 47.7. The average molecular weight is 595 g/mol. The van der Waals surface area contributed by atoms with E-state index in [4.69, 9.17) is 9.97 Å². The summed E-state index contributed by atoms with van der Waals surface area (Å²) in [4.78, 5) is 32.6. The van der Waals surface area contributed by atoms with Crippen molar-refractivity contribution in [3.63, 3.8) is 0 Å². The molecule has 0 aliphatic carbocycles. The summed E-state index contributed by atoms with van der Waals surface area (Å²) in [5.41, 5.74) is 7.92. The molecular formula is C39H26N6O. The van der Waals surface area contributed by atoms with Crippen LogP contribution in [0, 0.1) is 0 Å². The second-order valence-corrected chi connectivity index (χ2v) is 10.8. The van der Waals surface area contributed by atoms with Crippen LogP contribution in [0.5, 0.6) is 0 Å². The Morgan fingerprint density at radius 3 is 1.50 bits per heavy atom. The van der Waals surface area contributed by atoms with Gasteiger partial charge in [0.2, 0.25) is 0 Å². The number of benzene rings is 4. The Labute approximate surface area is 264 Å². The maximum atomic E-state index is 13.8. The van der Waals surface area contributed by atoms with Crippen molar-refractivity contribution in [1.82, 2.24) is 29.1 Å². The molecule has 0 fully saturated rings. The van der Waals surface area contributed by atoms with E-state index in [9.17, 15) is 4.79 Å². The molecule has 0 aliphatic heterocycles. The van der Waals surface area contributed by atoms with Crippen LogP contribution in [-0.2, 0) is 0 Å². The molecular weight excluding hydrogens is 568 g/mol. The molecule has 0 bridgehead atoms. The van der Waals surface area contributed by atoms with Crippen LogP contribution in [0.15, 0.2) is 163 Å². The molecule has 7 nitrogen and oxygen atoms in total. The van der Waals surface area contributed by atoms with Crippen molar-refractivity contribution in [3.05, 3.63) is 168 Å². The van der Waals surface area contributed by atoms with E-state index in [1.807, 2.05) is 109 Å². The molecule has 218 valence electrons. The number of aromatic nitrogens is 6. The fourth-order valence-corrected chi connectivity index (χ4v) is 5.69. The lowest BCUT2D eigenvalue weighted by molar-refractivity contribution is 0.885. The third kappa shape index (κ3) is 4.96. The van der Waals surface area contributed by atoms with Gasteiger partial charge in [-0.3, -0.25) is 0 Å². The molecule has 0 spiro atoms. The SMILES string of the molecule is O=c1n(-c2ccccn2)c2ccc(-c3ccc(-c4cc(-c5ccccc5)nc(-c5ccccc5)n4)cc3)cc2n1-c1ccccn1. The van der Waals surface area contributed by atoms with Gasteiger partial charge in [-0.2, -0.15) is 0 Å². The van der Waals surface area contributed by atoms with Gasteiger partial charge in [-0.1, -0.05) is 103 Å². The summed E-state index contributed by atoms with van der Waals surface area (Å²) >= 11 is 0. The number of rotatable bonds is 6. The van der Waals surface area contributed by atoms with E-state index in [2.05, 4.69) is 46.4 Å². The Hall–Kier alpha value is -6.47. The zero-order valence-electron chi connectivity index (χ0n) is 24.6. The Bertz CT molecular complexity index is 2290. The lowest BCUT2D eigenvalue weighted by Gasteiger charge is -2.10. The summed E-state index contributed by atoms with van der Waals surface area (Å²) in [6.07, 6.45) is 3.37. The molecule has 8 rings (SSSR count). The van der Waals surface area contributed by atoms with Crippen LogP contribution in [0.1, 0.15) is 0 Å². The number of fused-ring (bicyclic) bond motifs is 1. The van der Waals surface area contributed by atoms with Crippen molar-refractivity contribution in [2.75, 3.05) is 0 Å². The van der Waals surface area contributed by atoms with Gasteiger partial charge >= 0.3 is 5.69 Å². The first-order valence-corrected chi connectivity index (χ1v) is 14.9. The molecule has 4 aromatic carbocycles. The van der Waals surface area contributed by atoms with Crippen molar-refractivity contribution in [3.8, 4) is 56.7 Å². The zero-order chi connectivity index (χ0) is 30.9.